The van der Waals surface area contributed by atoms with Gasteiger partial charge in [-0.2, -0.15) is 0 Å². The van der Waals surface area contributed by atoms with Crippen LogP contribution < -0.4 is 0 Å². The van der Waals surface area contributed by atoms with Crippen molar-refractivity contribution in [3.8, 4) is 0 Å². The van der Waals surface area contributed by atoms with E-state index < -0.39 is 0 Å². The van der Waals surface area contributed by atoms with E-state index in [4.69, 9.17) is 0 Å². The molecule has 94 valence electrons. The normalized spacial score (nSPS) is 12.2. The number of benzene rings is 1. The molecule has 17 heavy (non-hydrogen) atoms. The lowest BCUT2D eigenvalue weighted by molar-refractivity contribution is -0.140. The molecule has 1 aromatic rings. The fourth-order valence-electron chi connectivity index (χ4n) is 1.82. The highest BCUT2D eigenvalue weighted by molar-refractivity contribution is 5.68. The van der Waals surface area contributed by atoms with E-state index in [9.17, 15) is 9.18 Å². The van der Waals surface area contributed by atoms with Gasteiger partial charge >= 0.3 is 5.97 Å². The molecule has 1 rings (SSSR count). The highest BCUT2D eigenvalue weighted by Gasteiger charge is 2.06. The number of ether oxygens (including phenoxy) is 1. The van der Waals surface area contributed by atoms with Gasteiger partial charge in [0, 0.05) is 6.42 Å². The van der Waals surface area contributed by atoms with Crippen molar-refractivity contribution in [3.63, 3.8) is 0 Å². The Morgan fingerprint density at radius 3 is 2.59 bits per heavy atom. The predicted molar refractivity (Wildman–Crippen MR) is 65.1 cm³/mol. The van der Waals surface area contributed by atoms with E-state index in [1.165, 1.54) is 19.2 Å². The van der Waals surface area contributed by atoms with Gasteiger partial charge in [0.05, 0.1) is 7.11 Å². The molecule has 0 heterocycles. The number of carbonyl (C=O) groups excluding carboxylic acids is 1. The van der Waals surface area contributed by atoms with Crippen LogP contribution in [-0.2, 0) is 16.0 Å². The number of rotatable bonds is 6. The summed E-state index contributed by atoms with van der Waals surface area (Å²) in [5.74, 6) is 0.135. The van der Waals surface area contributed by atoms with E-state index in [0.29, 0.717) is 12.3 Å². The average Bonchev–Trinajstić information content (AvgIpc) is 2.32. The summed E-state index contributed by atoms with van der Waals surface area (Å²) in [5.41, 5.74) is 1.14. The van der Waals surface area contributed by atoms with Crippen LogP contribution in [0.5, 0.6) is 0 Å². The lowest BCUT2D eigenvalue weighted by Crippen LogP contribution is -2.04. The number of halogens is 1. The molecule has 0 saturated carbocycles. The van der Waals surface area contributed by atoms with Crippen LogP contribution in [0.15, 0.2) is 24.3 Å². The van der Waals surface area contributed by atoms with Gasteiger partial charge in [-0.25, -0.2) is 4.39 Å². The van der Waals surface area contributed by atoms with Gasteiger partial charge in [-0.05, 0) is 42.9 Å². The number of hydrogen-bond donors (Lipinski definition) is 0. The maximum Gasteiger partial charge on any atom is 0.305 e. The largest absolute Gasteiger partial charge is 0.469 e. The van der Waals surface area contributed by atoms with Crippen LogP contribution in [0.2, 0.25) is 0 Å². The molecule has 1 atom stereocenters. The minimum Gasteiger partial charge on any atom is -0.469 e. The first kappa shape index (κ1) is 13.7. The first-order chi connectivity index (χ1) is 8.11. The van der Waals surface area contributed by atoms with Gasteiger partial charge in [0.25, 0.3) is 0 Å². The molecule has 0 aliphatic heterocycles. The Balaban J connectivity index is 2.27. The van der Waals surface area contributed by atoms with Crippen LogP contribution in [0, 0.1) is 11.7 Å². The van der Waals surface area contributed by atoms with Crippen molar-refractivity contribution >= 4 is 5.97 Å². The molecule has 0 aliphatic rings. The van der Waals surface area contributed by atoms with E-state index in [1.807, 2.05) is 12.1 Å². The maximum absolute atomic E-state index is 12.7. The van der Waals surface area contributed by atoms with Crippen molar-refractivity contribution in [2.24, 2.45) is 5.92 Å². The number of esters is 1. The number of hydrogen-bond acceptors (Lipinski definition) is 2. The van der Waals surface area contributed by atoms with Crippen LogP contribution in [0.4, 0.5) is 4.39 Å². The minimum absolute atomic E-state index is 0.154. The molecule has 0 bridgehead atoms. The van der Waals surface area contributed by atoms with E-state index >= 15 is 0 Å². The SMILES string of the molecule is COC(=O)CCCC(C)Cc1ccc(F)cc1. The molecule has 0 aliphatic carbocycles. The molecule has 0 amide bonds. The Kier molecular flexibility index (Phi) is 5.67. The third-order valence-corrected chi connectivity index (χ3v) is 2.80. The molecule has 0 N–H and O–H groups in total. The fourth-order valence-corrected chi connectivity index (χ4v) is 1.82. The van der Waals surface area contributed by atoms with E-state index in [2.05, 4.69) is 11.7 Å². The zero-order valence-electron chi connectivity index (χ0n) is 10.4. The summed E-state index contributed by atoms with van der Waals surface area (Å²) in [6.45, 7) is 2.14. The van der Waals surface area contributed by atoms with Crippen LogP contribution in [0.1, 0.15) is 31.7 Å². The second kappa shape index (κ2) is 7.05. The summed E-state index contributed by atoms with van der Waals surface area (Å²) >= 11 is 0. The van der Waals surface area contributed by atoms with Gasteiger partial charge in [-0.1, -0.05) is 19.1 Å². The molecular formula is C14H19FO2. The zero-order valence-corrected chi connectivity index (χ0v) is 10.4. The first-order valence-electron chi connectivity index (χ1n) is 5.93. The minimum atomic E-state index is -0.202. The fraction of sp³-hybridized carbons (Fsp3) is 0.500. The number of methoxy groups -OCH3 is 1. The average molecular weight is 238 g/mol. The van der Waals surface area contributed by atoms with Crippen LogP contribution in [0.25, 0.3) is 0 Å². The van der Waals surface area contributed by atoms with Gasteiger partial charge in [-0.15, -0.1) is 0 Å². The van der Waals surface area contributed by atoms with Gasteiger partial charge in [0.15, 0.2) is 0 Å². The Morgan fingerprint density at radius 1 is 1.35 bits per heavy atom. The lowest BCUT2D eigenvalue weighted by Gasteiger charge is -2.10. The predicted octanol–water partition coefficient (Wildman–Crippen LogP) is 3.35. The third kappa shape index (κ3) is 5.48. The van der Waals surface area contributed by atoms with Crippen LogP contribution >= 0.6 is 0 Å². The Hall–Kier alpha value is -1.38. The molecular weight excluding hydrogens is 219 g/mol. The third-order valence-electron chi connectivity index (χ3n) is 2.80. The Bertz CT molecular complexity index is 346. The van der Waals surface area contributed by atoms with Gasteiger partial charge in [-0.3, -0.25) is 4.79 Å². The number of carbonyl (C=O) groups is 1. The van der Waals surface area contributed by atoms with Gasteiger partial charge < -0.3 is 4.74 Å². The Morgan fingerprint density at radius 2 is 2.00 bits per heavy atom. The van der Waals surface area contributed by atoms with Crippen LogP contribution in [0.3, 0.4) is 0 Å². The molecule has 0 saturated heterocycles. The van der Waals surface area contributed by atoms with E-state index in [0.717, 1.165) is 24.8 Å². The summed E-state index contributed by atoms with van der Waals surface area (Å²) in [6, 6.07) is 6.59. The summed E-state index contributed by atoms with van der Waals surface area (Å²) in [6.07, 6.45) is 3.22. The van der Waals surface area contributed by atoms with Crippen molar-refractivity contribution in [2.45, 2.75) is 32.6 Å². The van der Waals surface area contributed by atoms with Crippen molar-refractivity contribution in [1.29, 1.82) is 0 Å². The van der Waals surface area contributed by atoms with Crippen molar-refractivity contribution < 1.29 is 13.9 Å². The van der Waals surface area contributed by atoms with E-state index in [1.54, 1.807) is 0 Å². The molecule has 2 nitrogen and oxygen atoms in total. The molecule has 1 unspecified atom stereocenters. The summed E-state index contributed by atoms with van der Waals surface area (Å²) in [7, 11) is 1.41. The van der Waals surface area contributed by atoms with E-state index in [-0.39, 0.29) is 11.8 Å². The Labute approximate surface area is 102 Å². The standard InChI is InChI=1S/C14H19FO2/c1-11(4-3-5-14(16)17-2)10-12-6-8-13(15)9-7-12/h6-9,11H,3-5,10H2,1-2H3. The maximum atomic E-state index is 12.7. The van der Waals surface area contributed by atoms with Crippen molar-refractivity contribution in [3.05, 3.63) is 35.6 Å². The molecule has 1 aromatic carbocycles. The lowest BCUT2D eigenvalue weighted by atomic mass is 9.96. The second-order valence-electron chi connectivity index (χ2n) is 4.40. The van der Waals surface area contributed by atoms with Crippen LogP contribution in [-0.4, -0.2) is 13.1 Å². The highest BCUT2D eigenvalue weighted by atomic mass is 19.1. The molecule has 0 aromatic heterocycles. The first-order valence-corrected chi connectivity index (χ1v) is 5.93. The van der Waals surface area contributed by atoms with Gasteiger partial charge in [0.1, 0.15) is 5.82 Å². The molecule has 0 spiro atoms. The summed E-state index contributed by atoms with van der Waals surface area (Å²) in [5, 5.41) is 0. The quantitative estimate of drug-likeness (QED) is 0.710. The molecule has 0 radical (unpaired) electrons. The van der Waals surface area contributed by atoms with Crippen molar-refractivity contribution in [1.82, 2.24) is 0 Å². The molecule has 3 heteroatoms. The molecule has 0 fully saturated rings. The summed E-state index contributed by atoms with van der Waals surface area (Å²) < 4.78 is 17.3. The highest BCUT2D eigenvalue weighted by Crippen LogP contribution is 2.15. The van der Waals surface area contributed by atoms with Crippen molar-refractivity contribution in [2.75, 3.05) is 7.11 Å². The summed E-state index contributed by atoms with van der Waals surface area (Å²) in [4.78, 5) is 10.9. The topological polar surface area (TPSA) is 26.3 Å². The second-order valence-corrected chi connectivity index (χ2v) is 4.40. The van der Waals surface area contributed by atoms with Gasteiger partial charge in [0.2, 0.25) is 0 Å². The zero-order chi connectivity index (χ0) is 12.7. The smallest absolute Gasteiger partial charge is 0.305 e. The monoisotopic (exact) mass is 238 g/mol.